The minimum absolute atomic E-state index is 0.287. The molecule has 3 N–H and O–H groups in total. The number of unbranched alkanes of at least 4 members (excludes halogenated alkanes) is 3. The summed E-state index contributed by atoms with van der Waals surface area (Å²) in [6, 6.07) is 1.79. The molecule has 0 unspecified atom stereocenters. The van der Waals surface area contributed by atoms with Crippen molar-refractivity contribution in [1.82, 2.24) is 9.97 Å². The first-order valence-electron chi connectivity index (χ1n) is 6.23. The molecule has 0 aromatic carbocycles. The summed E-state index contributed by atoms with van der Waals surface area (Å²) in [5.41, 5.74) is 5.46. The molecule has 0 fully saturated rings. The minimum Gasteiger partial charge on any atom is -0.380 e. The molecule has 0 saturated carbocycles. The van der Waals surface area contributed by atoms with Crippen LogP contribution in [0.25, 0.3) is 0 Å². The molecule has 0 radical (unpaired) electrons. The summed E-state index contributed by atoms with van der Waals surface area (Å²) in [6.07, 6.45) is 6.59. The molecule has 1 rings (SSSR count). The van der Waals surface area contributed by atoms with Crippen molar-refractivity contribution in [3.05, 3.63) is 12.3 Å². The van der Waals surface area contributed by atoms with Crippen LogP contribution in [-0.2, 0) is 4.74 Å². The van der Waals surface area contributed by atoms with Gasteiger partial charge in [0.1, 0.15) is 5.82 Å². The van der Waals surface area contributed by atoms with Gasteiger partial charge >= 0.3 is 0 Å². The zero-order valence-electron chi connectivity index (χ0n) is 10.5. The Kier molecular flexibility index (Phi) is 7.06. The Bertz CT molecular complexity index is 306. The second kappa shape index (κ2) is 8.75. The number of anilines is 2. The molecule has 0 bridgehead atoms. The molecular weight excluding hydrogens is 216 g/mol. The number of rotatable bonds is 9. The topological polar surface area (TPSA) is 73.1 Å². The van der Waals surface area contributed by atoms with Crippen LogP contribution in [0.4, 0.5) is 11.8 Å². The van der Waals surface area contributed by atoms with E-state index < -0.39 is 0 Å². The van der Waals surface area contributed by atoms with E-state index in [2.05, 4.69) is 22.2 Å². The predicted molar refractivity (Wildman–Crippen MR) is 69.9 cm³/mol. The molecule has 0 aliphatic rings. The summed E-state index contributed by atoms with van der Waals surface area (Å²) in [5, 5.41) is 3.13. The van der Waals surface area contributed by atoms with Crippen molar-refractivity contribution in [2.45, 2.75) is 32.6 Å². The summed E-state index contributed by atoms with van der Waals surface area (Å²) in [4.78, 5) is 7.85. The molecule has 5 nitrogen and oxygen atoms in total. The second-order valence-electron chi connectivity index (χ2n) is 3.90. The number of nitrogens with one attached hydrogen (secondary N) is 1. The fraction of sp³-hybridized carbons (Fsp3) is 0.667. The third kappa shape index (κ3) is 6.73. The normalized spacial score (nSPS) is 10.4. The van der Waals surface area contributed by atoms with Crippen molar-refractivity contribution in [3.8, 4) is 0 Å². The van der Waals surface area contributed by atoms with Crippen LogP contribution >= 0.6 is 0 Å². The van der Waals surface area contributed by atoms with Gasteiger partial charge in [-0.1, -0.05) is 26.2 Å². The molecule has 1 aromatic heterocycles. The van der Waals surface area contributed by atoms with E-state index in [9.17, 15) is 0 Å². The lowest BCUT2D eigenvalue weighted by atomic mass is 10.2. The van der Waals surface area contributed by atoms with E-state index in [1.54, 1.807) is 12.3 Å². The fourth-order valence-corrected chi connectivity index (χ4v) is 1.46. The highest BCUT2D eigenvalue weighted by Crippen LogP contribution is 2.02. The largest absolute Gasteiger partial charge is 0.380 e. The highest BCUT2D eigenvalue weighted by Gasteiger charge is 1.94. The number of nitrogens with two attached hydrogens (primary N) is 1. The van der Waals surface area contributed by atoms with Gasteiger partial charge in [0, 0.05) is 19.3 Å². The van der Waals surface area contributed by atoms with Crippen LogP contribution in [0.3, 0.4) is 0 Å². The first kappa shape index (κ1) is 13.7. The van der Waals surface area contributed by atoms with Crippen molar-refractivity contribution in [2.75, 3.05) is 30.8 Å². The van der Waals surface area contributed by atoms with Crippen molar-refractivity contribution < 1.29 is 4.74 Å². The van der Waals surface area contributed by atoms with Gasteiger partial charge in [-0.25, -0.2) is 4.98 Å². The van der Waals surface area contributed by atoms with E-state index in [1.165, 1.54) is 19.3 Å². The standard InChI is InChI=1S/C12H22N4O/c1-2-3-4-5-9-17-10-8-14-11-6-7-15-12(13)16-11/h6-7H,2-5,8-10H2,1H3,(H3,13,14,15,16). The Morgan fingerprint density at radius 2 is 2.18 bits per heavy atom. The number of nitrogen functional groups attached to an aromatic ring is 1. The van der Waals surface area contributed by atoms with Crippen LogP contribution in [0.15, 0.2) is 12.3 Å². The van der Waals surface area contributed by atoms with Crippen LogP contribution in [0, 0.1) is 0 Å². The molecule has 5 heteroatoms. The Labute approximate surface area is 103 Å². The highest BCUT2D eigenvalue weighted by atomic mass is 16.5. The molecule has 0 saturated heterocycles. The fourth-order valence-electron chi connectivity index (χ4n) is 1.46. The number of ether oxygens (including phenoxy) is 1. The minimum atomic E-state index is 0.287. The van der Waals surface area contributed by atoms with Gasteiger partial charge in [-0.15, -0.1) is 0 Å². The van der Waals surface area contributed by atoms with E-state index in [4.69, 9.17) is 10.5 Å². The van der Waals surface area contributed by atoms with Crippen LogP contribution in [0.2, 0.25) is 0 Å². The number of hydrogen-bond donors (Lipinski definition) is 2. The molecule has 0 aliphatic carbocycles. The van der Waals surface area contributed by atoms with Crippen LogP contribution < -0.4 is 11.1 Å². The van der Waals surface area contributed by atoms with E-state index in [-0.39, 0.29) is 5.95 Å². The van der Waals surface area contributed by atoms with Gasteiger partial charge in [-0.05, 0) is 12.5 Å². The van der Waals surface area contributed by atoms with Gasteiger partial charge in [-0.2, -0.15) is 4.98 Å². The summed E-state index contributed by atoms with van der Waals surface area (Å²) in [5.74, 6) is 1.03. The van der Waals surface area contributed by atoms with Crippen molar-refractivity contribution >= 4 is 11.8 Å². The third-order valence-electron chi connectivity index (χ3n) is 2.37. The van der Waals surface area contributed by atoms with Crippen LogP contribution in [-0.4, -0.2) is 29.7 Å². The maximum Gasteiger partial charge on any atom is 0.221 e. The van der Waals surface area contributed by atoms with Gasteiger partial charge in [0.25, 0.3) is 0 Å². The van der Waals surface area contributed by atoms with E-state index in [0.29, 0.717) is 6.61 Å². The Morgan fingerprint density at radius 3 is 2.94 bits per heavy atom. The Balaban J connectivity index is 1.97. The molecular formula is C12H22N4O. The van der Waals surface area contributed by atoms with E-state index >= 15 is 0 Å². The highest BCUT2D eigenvalue weighted by molar-refractivity contribution is 5.37. The number of aromatic nitrogens is 2. The van der Waals surface area contributed by atoms with E-state index in [0.717, 1.165) is 25.4 Å². The number of hydrogen-bond acceptors (Lipinski definition) is 5. The molecule has 0 amide bonds. The summed E-state index contributed by atoms with van der Waals surface area (Å²) in [6.45, 7) is 4.48. The van der Waals surface area contributed by atoms with E-state index in [1.807, 2.05) is 0 Å². The zero-order chi connectivity index (χ0) is 12.3. The van der Waals surface area contributed by atoms with Gasteiger partial charge in [0.2, 0.25) is 5.95 Å². The molecule has 0 aliphatic heterocycles. The smallest absolute Gasteiger partial charge is 0.221 e. The lowest BCUT2D eigenvalue weighted by molar-refractivity contribution is 0.139. The quantitative estimate of drug-likeness (QED) is 0.644. The van der Waals surface area contributed by atoms with Crippen LogP contribution in [0.5, 0.6) is 0 Å². The third-order valence-corrected chi connectivity index (χ3v) is 2.37. The predicted octanol–water partition coefficient (Wildman–Crippen LogP) is 2.07. The van der Waals surface area contributed by atoms with Crippen molar-refractivity contribution in [2.24, 2.45) is 0 Å². The number of nitrogens with zero attached hydrogens (tertiary/aromatic N) is 2. The average molecular weight is 238 g/mol. The molecule has 96 valence electrons. The Morgan fingerprint density at radius 1 is 1.29 bits per heavy atom. The van der Waals surface area contributed by atoms with Crippen LogP contribution in [0.1, 0.15) is 32.6 Å². The summed E-state index contributed by atoms with van der Waals surface area (Å²) >= 11 is 0. The second-order valence-corrected chi connectivity index (χ2v) is 3.90. The maximum absolute atomic E-state index is 5.50. The van der Waals surface area contributed by atoms with Gasteiger partial charge < -0.3 is 15.8 Å². The maximum atomic E-state index is 5.50. The zero-order valence-corrected chi connectivity index (χ0v) is 10.5. The molecule has 0 spiro atoms. The van der Waals surface area contributed by atoms with Gasteiger partial charge in [0.05, 0.1) is 6.61 Å². The molecule has 0 atom stereocenters. The molecule has 17 heavy (non-hydrogen) atoms. The summed E-state index contributed by atoms with van der Waals surface area (Å²) in [7, 11) is 0. The lowest BCUT2D eigenvalue weighted by Crippen LogP contribution is -2.11. The average Bonchev–Trinajstić information content (AvgIpc) is 2.33. The van der Waals surface area contributed by atoms with Gasteiger partial charge in [0.15, 0.2) is 0 Å². The molecule has 1 heterocycles. The summed E-state index contributed by atoms with van der Waals surface area (Å²) < 4.78 is 5.50. The monoisotopic (exact) mass is 238 g/mol. The van der Waals surface area contributed by atoms with Crippen molar-refractivity contribution in [1.29, 1.82) is 0 Å². The molecule has 1 aromatic rings. The Hall–Kier alpha value is -1.36. The van der Waals surface area contributed by atoms with Crippen molar-refractivity contribution in [3.63, 3.8) is 0 Å². The first-order chi connectivity index (χ1) is 8.33. The SMILES string of the molecule is CCCCCCOCCNc1ccnc(N)n1. The van der Waals surface area contributed by atoms with Gasteiger partial charge in [-0.3, -0.25) is 0 Å². The first-order valence-corrected chi connectivity index (χ1v) is 6.23. The lowest BCUT2D eigenvalue weighted by Gasteiger charge is -2.06.